The van der Waals surface area contributed by atoms with Gasteiger partial charge in [0.2, 0.25) is 0 Å². The van der Waals surface area contributed by atoms with Gasteiger partial charge in [-0.15, -0.1) is 0 Å². The molecule has 94 valence electrons. The number of hydrogen-bond donors (Lipinski definition) is 1. The summed E-state index contributed by atoms with van der Waals surface area (Å²) in [6, 6.07) is 18.3. The van der Waals surface area contributed by atoms with Crippen LogP contribution >= 0.6 is 0 Å². The smallest absolute Gasteiger partial charge is 0.101 e. The van der Waals surface area contributed by atoms with Gasteiger partial charge >= 0.3 is 0 Å². The van der Waals surface area contributed by atoms with Crippen LogP contribution in [0.3, 0.4) is 0 Å². The fourth-order valence-electron chi connectivity index (χ4n) is 2.53. The first kappa shape index (κ1) is 11.6. The third-order valence-electron chi connectivity index (χ3n) is 3.63. The van der Waals surface area contributed by atoms with Crippen LogP contribution in [0.2, 0.25) is 0 Å². The second-order valence-corrected chi connectivity index (χ2v) is 4.90. The van der Waals surface area contributed by atoms with Gasteiger partial charge in [0.15, 0.2) is 0 Å². The molecule has 0 atom stereocenters. The van der Waals surface area contributed by atoms with Crippen molar-refractivity contribution in [2.75, 3.05) is 23.7 Å². The third-order valence-corrected chi connectivity index (χ3v) is 3.63. The van der Waals surface area contributed by atoms with Crippen LogP contribution in [0.4, 0.5) is 11.4 Å². The molecule has 0 unspecified atom stereocenters. The predicted molar refractivity (Wildman–Crippen MR) is 77.0 cm³/mol. The van der Waals surface area contributed by atoms with E-state index in [1.807, 2.05) is 18.2 Å². The van der Waals surface area contributed by atoms with Crippen molar-refractivity contribution in [3.63, 3.8) is 0 Å². The van der Waals surface area contributed by atoms with Gasteiger partial charge in [-0.05, 0) is 23.8 Å². The Labute approximate surface area is 112 Å². The highest BCUT2D eigenvalue weighted by Crippen LogP contribution is 2.33. The van der Waals surface area contributed by atoms with E-state index in [-0.39, 0.29) is 0 Å². The third kappa shape index (κ3) is 2.13. The van der Waals surface area contributed by atoms with Crippen molar-refractivity contribution in [3.05, 3.63) is 59.7 Å². The average molecular weight is 249 g/mol. The maximum atomic E-state index is 9.16. The highest BCUT2D eigenvalue weighted by atomic mass is 15.2. The van der Waals surface area contributed by atoms with Crippen molar-refractivity contribution in [2.24, 2.45) is 0 Å². The Kier molecular flexibility index (Phi) is 2.85. The maximum absolute atomic E-state index is 9.16. The zero-order valence-electron chi connectivity index (χ0n) is 10.6. The molecular weight excluding hydrogens is 234 g/mol. The minimum Gasteiger partial charge on any atom is -0.399 e. The predicted octanol–water partition coefficient (Wildman–Crippen LogP) is 2.74. The Hall–Kier alpha value is -2.47. The van der Waals surface area contributed by atoms with Crippen LogP contribution in [-0.4, -0.2) is 13.1 Å². The lowest BCUT2D eigenvalue weighted by atomic mass is 9.90. The molecule has 1 saturated heterocycles. The Bertz CT molecular complexity index is 622. The molecule has 0 bridgehead atoms. The molecule has 2 N–H and O–H groups in total. The van der Waals surface area contributed by atoms with Crippen LogP contribution in [0.1, 0.15) is 17.0 Å². The zero-order valence-corrected chi connectivity index (χ0v) is 10.6. The van der Waals surface area contributed by atoms with E-state index in [4.69, 9.17) is 11.0 Å². The average Bonchev–Trinajstić information content (AvgIpc) is 2.40. The number of benzene rings is 2. The SMILES string of the molecule is N#Cc1cc(N)ccc1N1CC(c2ccccc2)C1. The lowest BCUT2D eigenvalue weighted by Crippen LogP contribution is -2.45. The summed E-state index contributed by atoms with van der Waals surface area (Å²) in [5.74, 6) is 0.560. The van der Waals surface area contributed by atoms with E-state index < -0.39 is 0 Å². The van der Waals surface area contributed by atoms with Gasteiger partial charge in [0.05, 0.1) is 11.3 Å². The fraction of sp³-hybridized carbons (Fsp3) is 0.188. The summed E-state index contributed by atoms with van der Waals surface area (Å²) in [6.45, 7) is 1.92. The molecule has 2 aromatic carbocycles. The Morgan fingerprint density at radius 2 is 1.84 bits per heavy atom. The Morgan fingerprint density at radius 1 is 1.11 bits per heavy atom. The highest BCUT2D eigenvalue weighted by Gasteiger charge is 2.29. The standard InChI is InChI=1S/C16H15N3/c17-9-13-8-15(18)6-7-16(13)19-10-14(11-19)12-4-2-1-3-5-12/h1-8,14H,10-11,18H2. The first-order valence-electron chi connectivity index (χ1n) is 6.37. The highest BCUT2D eigenvalue weighted by molar-refractivity contribution is 5.66. The van der Waals surface area contributed by atoms with Gasteiger partial charge in [-0.25, -0.2) is 0 Å². The van der Waals surface area contributed by atoms with Gasteiger partial charge < -0.3 is 10.6 Å². The fourth-order valence-corrected chi connectivity index (χ4v) is 2.53. The number of hydrogen-bond acceptors (Lipinski definition) is 3. The number of nitrogen functional groups attached to an aromatic ring is 1. The van der Waals surface area contributed by atoms with Gasteiger partial charge in [0, 0.05) is 24.7 Å². The number of rotatable bonds is 2. The molecule has 0 aromatic heterocycles. The molecule has 3 heteroatoms. The molecule has 0 aliphatic carbocycles. The summed E-state index contributed by atoms with van der Waals surface area (Å²) < 4.78 is 0. The normalized spacial score (nSPS) is 14.8. The topological polar surface area (TPSA) is 53.1 Å². The van der Waals surface area contributed by atoms with Gasteiger partial charge in [-0.3, -0.25) is 0 Å². The molecule has 1 aliphatic heterocycles. The van der Waals surface area contributed by atoms with Crippen LogP contribution in [-0.2, 0) is 0 Å². The minimum atomic E-state index is 0.560. The van der Waals surface area contributed by atoms with E-state index in [1.165, 1.54) is 5.56 Å². The number of nitriles is 1. The van der Waals surface area contributed by atoms with Gasteiger partial charge in [-0.1, -0.05) is 30.3 Å². The van der Waals surface area contributed by atoms with Gasteiger partial charge in [0.25, 0.3) is 0 Å². The zero-order chi connectivity index (χ0) is 13.2. The van der Waals surface area contributed by atoms with E-state index in [0.29, 0.717) is 17.2 Å². The summed E-state index contributed by atoms with van der Waals surface area (Å²) in [4.78, 5) is 2.23. The van der Waals surface area contributed by atoms with E-state index in [0.717, 1.165) is 18.8 Å². The summed E-state index contributed by atoms with van der Waals surface area (Å²) in [5, 5.41) is 9.16. The van der Waals surface area contributed by atoms with Crippen molar-refractivity contribution >= 4 is 11.4 Å². The molecular formula is C16H15N3. The molecule has 0 saturated carbocycles. The molecule has 3 rings (SSSR count). The van der Waals surface area contributed by atoms with Crippen molar-refractivity contribution in [1.29, 1.82) is 5.26 Å². The van der Waals surface area contributed by atoms with Crippen molar-refractivity contribution in [1.82, 2.24) is 0 Å². The number of nitrogens with two attached hydrogens (primary N) is 1. The van der Waals surface area contributed by atoms with Crippen molar-refractivity contribution < 1.29 is 0 Å². The quantitative estimate of drug-likeness (QED) is 0.833. The van der Waals surface area contributed by atoms with E-state index in [1.54, 1.807) is 6.07 Å². The molecule has 1 heterocycles. The van der Waals surface area contributed by atoms with Crippen molar-refractivity contribution in [2.45, 2.75) is 5.92 Å². The number of nitrogens with zero attached hydrogens (tertiary/aromatic N) is 2. The molecule has 2 aromatic rings. The Balaban J connectivity index is 1.76. The molecule has 0 radical (unpaired) electrons. The summed E-state index contributed by atoms with van der Waals surface area (Å²) >= 11 is 0. The van der Waals surface area contributed by atoms with E-state index >= 15 is 0 Å². The van der Waals surface area contributed by atoms with E-state index in [2.05, 4.69) is 35.2 Å². The van der Waals surface area contributed by atoms with Crippen LogP contribution in [0.25, 0.3) is 0 Å². The van der Waals surface area contributed by atoms with Crippen LogP contribution in [0.15, 0.2) is 48.5 Å². The van der Waals surface area contributed by atoms with Crippen molar-refractivity contribution in [3.8, 4) is 6.07 Å². The summed E-state index contributed by atoms with van der Waals surface area (Å²) in [6.07, 6.45) is 0. The molecule has 1 fully saturated rings. The molecule has 3 nitrogen and oxygen atoms in total. The number of anilines is 2. The molecule has 19 heavy (non-hydrogen) atoms. The van der Waals surface area contributed by atoms with Crippen LogP contribution in [0.5, 0.6) is 0 Å². The Morgan fingerprint density at radius 3 is 2.53 bits per heavy atom. The van der Waals surface area contributed by atoms with Gasteiger partial charge in [0.1, 0.15) is 6.07 Å². The van der Waals surface area contributed by atoms with Crippen LogP contribution < -0.4 is 10.6 Å². The second kappa shape index (κ2) is 4.66. The first-order valence-corrected chi connectivity index (χ1v) is 6.37. The lowest BCUT2D eigenvalue weighted by molar-refractivity contribution is 0.525. The van der Waals surface area contributed by atoms with Gasteiger partial charge in [-0.2, -0.15) is 5.26 Å². The maximum Gasteiger partial charge on any atom is 0.101 e. The molecule has 0 spiro atoms. The molecule has 0 amide bonds. The summed E-state index contributed by atoms with van der Waals surface area (Å²) in [7, 11) is 0. The van der Waals surface area contributed by atoms with E-state index in [9.17, 15) is 0 Å². The largest absolute Gasteiger partial charge is 0.399 e. The monoisotopic (exact) mass is 249 g/mol. The van der Waals surface area contributed by atoms with Crippen LogP contribution in [0, 0.1) is 11.3 Å². The lowest BCUT2D eigenvalue weighted by Gasteiger charge is -2.41. The summed E-state index contributed by atoms with van der Waals surface area (Å²) in [5.41, 5.74) is 9.37. The minimum absolute atomic E-state index is 0.560. The molecule has 1 aliphatic rings. The second-order valence-electron chi connectivity index (χ2n) is 4.90. The first-order chi connectivity index (χ1) is 9.28.